The summed E-state index contributed by atoms with van der Waals surface area (Å²) >= 11 is 6.95. The van der Waals surface area contributed by atoms with Crippen LogP contribution in [0.4, 0.5) is 4.39 Å². The zero-order chi connectivity index (χ0) is 13.0. The molecule has 0 spiro atoms. The van der Waals surface area contributed by atoms with Crippen LogP contribution in [0.2, 0.25) is 0 Å². The van der Waals surface area contributed by atoms with Crippen LogP contribution in [0.5, 0.6) is 0 Å². The Bertz CT molecular complexity index is 393. The molecule has 0 N–H and O–H groups in total. The van der Waals surface area contributed by atoms with Crippen molar-refractivity contribution in [3.8, 4) is 0 Å². The van der Waals surface area contributed by atoms with Crippen LogP contribution < -0.4 is 0 Å². The molecule has 18 heavy (non-hydrogen) atoms. The number of alkyl halides is 1. The zero-order valence-electron chi connectivity index (χ0n) is 10.3. The quantitative estimate of drug-likeness (QED) is 0.647. The van der Waals surface area contributed by atoms with Gasteiger partial charge in [-0.3, -0.25) is 4.90 Å². The Morgan fingerprint density at radius 2 is 2.11 bits per heavy atom. The van der Waals surface area contributed by atoms with Crippen LogP contribution in [0, 0.1) is 5.82 Å². The fourth-order valence-corrected chi connectivity index (χ4v) is 3.00. The lowest BCUT2D eigenvalue weighted by Gasteiger charge is -2.37. The third-order valence-electron chi connectivity index (χ3n) is 3.56. The Labute approximate surface area is 125 Å². The predicted octanol–water partition coefficient (Wildman–Crippen LogP) is 4.73. The van der Waals surface area contributed by atoms with Crippen LogP contribution >= 0.6 is 31.9 Å². The normalized spacial score (nSPS) is 16.0. The molecular weight excluding hydrogens is 361 g/mol. The molecule has 0 radical (unpaired) electrons. The smallest absolute Gasteiger partial charge is 0.124 e. The number of nitrogens with zero attached hydrogens (tertiary/aromatic N) is 1. The standard InChI is InChI=1S/C14H18Br2FN/c15-7-2-8-18(13-3-1-4-13)10-11-5-6-12(17)9-14(11)16/h5-6,9,13H,1-4,7-8,10H2. The molecule has 1 fully saturated rings. The van der Waals surface area contributed by atoms with Crippen molar-refractivity contribution in [1.82, 2.24) is 4.90 Å². The summed E-state index contributed by atoms with van der Waals surface area (Å²) in [5.41, 5.74) is 1.18. The second-order valence-electron chi connectivity index (χ2n) is 4.83. The van der Waals surface area contributed by atoms with Gasteiger partial charge in [0.15, 0.2) is 0 Å². The van der Waals surface area contributed by atoms with Gasteiger partial charge >= 0.3 is 0 Å². The summed E-state index contributed by atoms with van der Waals surface area (Å²) in [6.07, 6.45) is 5.12. The Balaban J connectivity index is 2.02. The Morgan fingerprint density at radius 1 is 1.33 bits per heavy atom. The lowest BCUT2D eigenvalue weighted by Crippen LogP contribution is -2.40. The molecule has 1 saturated carbocycles. The molecule has 4 heteroatoms. The maximum absolute atomic E-state index is 13.1. The first-order chi connectivity index (χ1) is 8.70. The second-order valence-corrected chi connectivity index (χ2v) is 6.48. The molecule has 0 atom stereocenters. The molecule has 0 unspecified atom stereocenters. The summed E-state index contributed by atoms with van der Waals surface area (Å²) in [6, 6.07) is 5.71. The van der Waals surface area contributed by atoms with E-state index >= 15 is 0 Å². The maximum Gasteiger partial charge on any atom is 0.124 e. The molecule has 1 aliphatic carbocycles. The maximum atomic E-state index is 13.1. The van der Waals surface area contributed by atoms with E-state index in [4.69, 9.17) is 0 Å². The fraction of sp³-hybridized carbons (Fsp3) is 0.571. The lowest BCUT2D eigenvalue weighted by molar-refractivity contribution is 0.120. The summed E-state index contributed by atoms with van der Waals surface area (Å²) in [4.78, 5) is 2.53. The number of hydrogen-bond acceptors (Lipinski definition) is 1. The van der Waals surface area contributed by atoms with E-state index in [1.54, 1.807) is 12.1 Å². The summed E-state index contributed by atoms with van der Waals surface area (Å²) in [5.74, 6) is -0.179. The van der Waals surface area contributed by atoms with E-state index in [9.17, 15) is 4.39 Å². The van der Waals surface area contributed by atoms with E-state index in [1.165, 1.54) is 24.8 Å². The number of rotatable bonds is 6. The van der Waals surface area contributed by atoms with Crippen molar-refractivity contribution >= 4 is 31.9 Å². The molecule has 0 heterocycles. The minimum atomic E-state index is -0.179. The second kappa shape index (κ2) is 7.01. The van der Waals surface area contributed by atoms with E-state index in [2.05, 4.69) is 36.8 Å². The Kier molecular flexibility index (Phi) is 5.64. The van der Waals surface area contributed by atoms with E-state index in [0.717, 1.165) is 35.4 Å². The van der Waals surface area contributed by atoms with Gasteiger partial charge in [-0.05, 0) is 43.5 Å². The van der Waals surface area contributed by atoms with Gasteiger partial charge in [0.1, 0.15) is 5.82 Å². The van der Waals surface area contributed by atoms with Crippen molar-refractivity contribution in [3.05, 3.63) is 34.1 Å². The SMILES string of the molecule is Fc1ccc(CN(CCCBr)C2CCC2)c(Br)c1. The van der Waals surface area contributed by atoms with E-state index in [-0.39, 0.29) is 5.82 Å². The molecule has 0 bridgehead atoms. The molecule has 1 aromatic rings. The highest BCUT2D eigenvalue weighted by Gasteiger charge is 2.24. The van der Waals surface area contributed by atoms with Gasteiger partial charge in [-0.25, -0.2) is 4.39 Å². The topological polar surface area (TPSA) is 3.24 Å². The van der Waals surface area contributed by atoms with E-state index < -0.39 is 0 Å². The number of benzene rings is 1. The molecule has 2 rings (SSSR count). The van der Waals surface area contributed by atoms with Crippen LogP contribution in [0.15, 0.2) is 22.7 Å². The molecule has 1 aliphatic rings. The van der Waals surface area contributed by atoms with Crippen molar-refractivity contribution < 1.29 is 4.39 Å². The van der Waals surface area contributed by atoms with Gasteiger partial charge in [0.25, 0.3) is 0 Å². The minimum Gasteiger partial charge on any atom is -0.296 e. The first-order valence-corrected chi connectivity index (χ1v) is 8.36. The largest absolute Gasteiger partial charge is 0.296 e. The molecule has 1 nitrogen and oxygen atoms in total. The first-order valence-electron chi connectivity index (χ1n) is 6.44. The van der Waals surface area contributed by atoms with Gasteiger partial charge in [-0.2, -0.15) is 0 Å². The van der Waals surface area contributed by atoms with Crippen LogP contribution in [0.1, 0.15) is 31.2 Å². The Morgan fingerprint density at radius 3 is 2.67 bits per heavy atom. The van der Waals surface area contributed by atoms with Crippen molar-refractivity contribution in [2.75, 3.05) is 11.9 Å². The average molecular weight is 379 g/mol. The first kappa shape index (κ1) is 14.5. The fourth-order valence-electron chi connectivity index (χ4n) is 2.27. The van der Waals surface area contributed by atoms with Gasteiger partial charge in [0.05, 0.1) is 0 Å². The number of hydrogen-bond donors (Lipinski definition) is 0. The predicted molar refractivity (Wildman–Crippen MR) is 80.6 cm³/mol. The minimum absolute atomic E-state index is 0.179. The lowest BCUT2D eigenvalue weighted by atomic mass is 9.91. The highest BCUT2D eigenvalue weighted by Crippen LogP contribution is 2.28. The summed E-state index contributed by atoms with van der Waals surface area (Å²) in [6.45, 7) is 2.03. The van der Waals surface area contributed by atoms with Gasteiger partial charge in [-0.15, -0.1) is 0 Å². The van der Waals surface area contributed by atoms with Crippen LogP contribution in [0.3, 0.4) is 0 Å². The summed E-state index contributed by atoms with van der Waals surface area (Å²) < 4.78 is 14.0. The van der Waals surface area contributed by atoms with Crippen LogP contribution in [0.25, 0.3) is 0 Å². The van der Waals surface area contributed by atoms with Crippen molar-refractivity contribution in [2.45, 2.75) is 38.3 Å². The van der Waals surface area contributed by atoms with Crippen molar-refractivity contribution in [1.29, 1.82) is 0 Å². The van der Waals surface area contributed by atoms with Gasteiger partial charge in [0.2, 0.25) is 0 Å². The molecular formula is C14H18Br2FN. The van der Waals surface area contributed by atoms with E-state index in [0.29, 0.717) is 0 Å². The third-order valence-corrected chi connectivity index (χ3v) is 4.86. The summed E-state index contributed by atoms with van der Waals surface area (Å²) in [7, 11) is 0. The van der Waals surface area contributed by atoms with Crippen molar-refractivity contribution in [3.63, 3.8) is 0 Å². The van der Waals surface area contributed by atoms with Gasteiger partial charge in [-0.1, -0.05) is 44.3 Å². The Hall–Kier alpha value is 0.0700. The zero-order valence-corrected chi connectivity index (χ0v) is 13.5. The highest BCUT2D eigenvalue weighted by atomic mass is 79.9. The molecule has 100 valence electrons. The molecule has 0 saturated heterocycles. The molecule has 0 amide bonds. The van der Waals surface area contributed by atoms with E-state index in [1.807, 2.05) is 6.07 Å². The highest BCUT2D eigenvalue weighted by molar-refractivity contribution is 9.10. The number of halogens is 3. The van der Waals surface area contributed by atoms with Gasteiger partial charge in [0, 0.05) is 22.4 Å². The molecule has 0 aromatic heterocycles. The van der Waals surface area contributed by atoms with Crippen LogP contribution in [-0.2, 0) is 6.54 Å². The third kappa shape index (κ3) is 3.78. The molecule has 1 aromatic carbocycles. The summed E-state index contributed by atoms with van der Waals surface area (Å²) in [5, 5.41) is 1.04. The van der Waals surface area contributed by atoms with Crippen molar-refractivity contribution in [2.24, 2.45) is 0 Å². The molecule has 0 aliphatic heterocycles. The van der Waals surface area contributed by atoms with Gasteiger partial charge < -0.3 is 0 Å². The van der Waals surface area contributed by atoms with Crippen LogP contribution in [-0.4, -0.2) is 22.8 Å². The average Bonchev–Trinajstić information content (AvgIpc) is 2.27. The monoisotopic (exact) mass is 377 g/mol.